The zero-order valence-electron chi connectivity index (χ0n) is 9.94. The SMILES string of the molecule is CC(O)CNC(=O)Cc1csc2ccc(Cl)cc12. The van der Waals surface area contributed by atoms with Gasteiger partial charge in [-0.2, -0.15) is 0 Å². The van der Waals surface area contributed by atoms with Crippen LogP contribution in [-0.2, 0) is 11.2 Å². The average molecular weight is 284 g/mol. The quantitative estimate of drug-likeness (QED) is 0.906. The molecule has 1 aromatic heterocycles. The molecule has 0 bridgehead atoms. The largest absolute Gasteiger partial charge is 0.392 e. The summed E-state index contributed by atoms with van der Waals surface area (Å²) < 4.78 is 1.12. The maximum Gasteiger partial charge on any atom is 0.224 e. The molecule has 1 aromatic carbocycles. The number of carbonyl (C=O) groups is 1. The van der Waals surface area contributed by atoms with Crippen molar-refractivity contribution in [1.82, 2.24) is 5.32 Å². The Bertz CT molecular complexity index is 565. The van der Waals surface area contributed by atoms with Crippen molar-refractivity contribution in [3.63, 3.8) is 0 Å². The second-order valence-electron chi connectivity index (χ2n) is 4.23. The molecule has 5 heteroatoms. The lowest BCUT2D eigenvalue weighted by Crippen LogP contribution is -2.31. The molecule has 0 aliphatic carbocycles. The molecule has 0 fully saturated rings. The van der Waals surface area contributed by atoms with Crippen LogP contribution in [0.5, 0.6) is 0 Å². The van der Waals surface area contributed by atoms with Gasteiger partial charge in [0.05, 0.1) is 12.5 Å². The number of carbonyl (C=O) groups excluding carboxylic acids is 1. The molecule has 0 saturated carbocycles. The van der Waals surface area contributed by atoms with Crippen molar-refractivity contribution in [3.05, 3.63) is 34.2 Å². The third-order valence-corrected chi connectivity index (χ3v) is 3.81. The monoisotopic (exact) mass is 283 g/mol. The molecule has 0 saturated heterocycles. The first-order valence-electron chi connectivity index (χ1n) is 5.66. The number of hydrogen-bond acceptors (Lipinski definition) is 3. The third-order valence-electron chi connectivity index (χ3n) is 2.56. The van der Waals surface area contributed by atoms with Crippen LogP contribution in [-0.4, -0.2) is 23.7 Å². The number of nitrogens with one attached hydrogen (secondary N) is 1. The number of aliphatic hydroxyl groups excluding tert-OH is 1. The van der Waals surface area contributed by atoms with Crippen molar-refractivity contribution in [1.29, 1.82) is 0 Å². The molecule has 1 atom stereocenters. The Morgan fingerprint density at radius 1 is 1.56 bits per heavy atom. The lowest BCUT2D eigenvalue weighted by Gasteiger charge is -2.06. The molecule has 1 amide bonds. The second kappa shape index (κ2) is 5.69. The molecule has 3 nitrogen and oxygen atoms in total. The molecule has 0 radical (unpaired) electrons. The summed E-state index contributed by atoms with van der Waals surface area (Å²) in [6.45, 7) is 1.92. The first-order chi connectivity index (χ1) is 8.56. The smallest absolute Gasteiger partial charge is 0.224 e. The number of halogens is 1. The van der Waals surface area contributed by atoms with Gasteiger partial charge in [-0.15, -0.1) is 11.3 Å². The topological polar surface area (TPSA) is 49.3 Å². The van der Waals surface area contributed by atoms with Crippen molar-refractivity contribution < 1.29 is 9.90 Å². The van der Waals surface area contributed by atoms with Gasteiger partial charge in [0.1, 0.15) is 0 Å². The summed E-state index contributed by atoms with van der Waals surface area (Å²) in [7, 11) is 0. The van der Waals surface area contributed by atoms with Crippen LogP contribution in [0.2, 0.25) is 5.02 Å². The van der Waals surface area contributed by atoms with Gasteiger partial charge in [0.15, 0.2) is 0 Å². The van der Waals surface area contributed by atoms with Crippen LogP contribution in [0.25, 0.3) is 10.1 Å². The van der Waals surface area contributed by atoms with E-state index in [1.165, 1.54) is 0 Å². The van der Waals surface area contributed by atoms with E-state index in [9.17, 15) is 4.79 Å². The van der Waals surface area contributed by atoms with Crippen LogP contribution in [0.4, 0.5) is 0 Å². The van der Waals surface area contributed by atoms with Gasteiger partial charge < -0.3 is 10.4 Å². The van der Waals surface area contributed by atoms with Crippen LogP contribution in [0.1, 0.15) is 12.5 Å². The van der Waals surface area contributed by atoms with E-state index in [1.54, 1.807) is 18.3 Å². The number of hydrogen-bond donors (Lipinski definition) is 2. The van der Waals surface area contributed by atoms with E-state index >= 15 is 0 Å². The van der Waals surface area contributed by atoms with E-state index in [0.29, 0.717) is 11.4 Å². The molecule has 1 unspecified atom stereocenters. The van der Waals surface area contributed by atoms with Crippen LogP contribution in [0, 0.1) is 0 Å². The van der Waals surface area contributed by atoms with Gasteiger partial charge in [-0.1, -0.05) is 11.6 Å². The van der Waals surface area contributed by atoms with E-state index in [4.69, 9.17) is 16.7 Å². The minimum atomic E-state index is -0.525. The van der Waals surface area contributed by atoms with Gasteiger partial charge in [0.2, 0.25) is 5.91 Å². The maximum atomic E-state index is 11.7. The van der Waals surface area contributed by atoms with Crippen LogP contribution in [0.15, 0.2) is 23.6 Å². The fraction of sp³-hybridized carbons (Fsp3) is 0.308. The number of fused-ring (bicyclic) bond motifs is 1. The Hall–Kier alpha value is -1.10. The first-order valence-corrected chi connectivity index (χ1v) is 6.92. The summed E-state index contributed by atoms with van der Waals surface area (Å²) in [6, 6.07) is 5.68. The lowest BCUT2D eigenvalue weighted by atomic mass is 10.1. The van der Waals surface area contributed by atoms with Gasteiger partial charge in [0.25, 0.3) is 0 Å². The van der Waals surface area contributed by atoms with Gasteiger partial charge in [-0.25, -0.2) is 0 Å². The number of aliphatic hydroxyl groups is 1. The summed E-state index contributed by atoms with van der Waals surface area (Å²) in [4.78, 5) is 11.7. The van der Waals surface area contributed by atoms with E-state index < -0.39 is 6.10 Å². The summed E-state index contributed by atoms with van der Waals surface area (Å²) in [6.07, 6.45) is -0.213. The van der Waals surface area contributed by atoms with E-state index in [0.717, 1.165) is 15.6 Å². The van der Waals surface area contributed by atoms with E-state index in [1.807, 2.05) is 23.6 Å². The van der Waals surface area contributed by atoms with Crippen molar-refractivity contribution in [2.75, 3.05) is 6.54 Å². The molecule has 96 valence electrons. The number of thiophene rings is 1. The van der Waals surface area contributed by atoms with Crippen molar-refractivity contribution >= 4 is 38.9 Å². The zero-order chi connectivity index (χ0) is 13.1. The Kier molecular flexibility index (Phi) is 4.22. The Morgan fingerprint density at radius 3 is 3.06 bits per heavy atom. The van der Waals surface area contributed by atoms with E-state index in [2.05, 4.69) is 5.32 Å². The van der Waals surface area contributed by atoms with Crippen molar-refractivity contribution in [3.8, 4) is 0 Å². The molecular formula is C13H14ClNO2S. The number of rotatable bonds is 4. The minimum Gasteiger partial charge on any atom is -0.392 e. The average Bonchev–Trinajstić information content (AvgIpc) is 2.69. The first kappa shape index (κ1) is 13.3. The van der Waals surface area contributed by atoms with Gasteiger partial charge in [0, 0.05) is 16.3 Å². The Balaban J connectivity index is 2.12. The van der Waals surface area contributed by atoms with Crippen molar-refractivity contribution in [2.45, 2.75) is 19.4 Å². The molecular weight excluding hydrogens is 270 g/mol. The van der Waals surface area contributed by atoms with Crippen LogP contribution < -0.4 is 5.32 Å². The van der Waals surface area contributed by atoms with Gasteiger partial charge >= 0.3 is 0 Å². The number of amides is 1. The maximum absolute atomic E-state index is 11.7. The molecule has 0 aliphatic rings. The second-order valence-corrected chi connectivity index (χ2v) is 5.58. The third kappa shape index (κ3) is 3.22. The molecule has 0 aliphatic heterocycles. The predicted octanol–water partition coefficient (Wildman–Crippen LogP) is 2.59. The van der Waals surface area contributed by atoms with Crippen LogP contribution in [0.3, 0.4) is 0 Å². The highest BCUT2D eigenvalue weighted by molar-refractivity contribution is 7.17. The highest BCUT2D eigenvalue weighted by atomic mass is 35.5. The van der Waals surface area contributed by atoms with Crippen LogP contribution >= 0.6 is 22.9 Å². The summed E-state index contributed by atoms with van der Waals surface area (Å²) in [5.74, 6) is -0.0874. The minimum absolute atomic E-state index is 0.0874. The highest BCUT2D eigenvalue weighted by Crippen LogP contribution is 2.28. The Morgan fingerprint density at radius 2 is 2.33 bits per heavy atom. The standard InChI is InChI=1S/C13H14ClNO2S/c1-8(16)6-15-13(17)4-9-7-18-12-3-2-10(14)5-11(9)12/h2-3,5,7-8,16H,4,6H2,1H3,(H,15,17). The number of benzene rings is 1. The molecule has 2 N–H and O–H groups in total. The summed E-state index contributed by atoms with van der Waals surface area (Å²) in [5, 5.41) is 15.5. The molecule has 2 aromatic rings. The highest BCUT2D eigenvalue weighted by Gasteiger charge is 2.09. The fourth-order valence-electron chi connectivity index (χ4n) is 1.69. The molecule has 0 spiro atoms. The summed E-state index contributed by atoms with van der Waals surface area (Å²) in [5.41, 5.74) is 0.973. The summed E-state index contributed by atoms with van der Waals surface area (Å²) >= 11 is 7.56. The Labute approximate surface area is 114 Å². The zero-order valence-corrected chi connectivity index (χ0v) is 11.5. The van der Waals surface area contributed by atoms with Gasteiger partial charge in [-0.05, 0) is 41.5 Å². The lowest BCUT2D eigenvalue weighted by molar-refractivity contribution is -0.120. The molecule has 2 rings (SSSR count). The van der Waals surface area contributed by atoms with Gasteiger partial charge in [-0.3, -0.25) is 4.79 Å². The molecule has 18 heavy (non-hydrogen) atoms. The van der Waals surface area contributed by atoms with Crippen molar-refractivity contribution in [2.24, 2.45) is 0 Å². The van der Waals surface area contributed by atoms with E-state index in [-0.39, 0.29) is 12.5 Å². The fourth-order valence-corrected chi connectivity index (χ4v) is 2.80. The normalized spacial score (nSPS) is 12.6. The molecule has 1 heterocycles. The predicted molar refractivity (Wildman–Crippen MR) is 75.2 cm³/mol.